The average molecular weight is 283 g/mol. The van der Waals surface area contributed by atoms with Gasteiger partial charge in [0.2, 0.25) is 0 Å². The Morgan fingerprint density at radius 1 is 1.38 bits per heavy atom. The summed E-state index contributed by atoms with van der Waals surface area (Å²) in [6, 6.07) is 0. The van der Waals surface area contributed by atoms with E-state index in [0.29, 0.717) is 24.9 Å². The third-order valence-electron chi connectivity index (χ3n) is 1.31. The molecule has 16 heavy (non-hydrogen) atoms. The van der Waals surface area contributed by atoms with Crippen LogP contribution in [0.25, 0.3) is 0 Å². The summed E-state index contributed by atoms with van der Waals surface area (Å²) in [5.41, 5.74) is 2.75. The van der Waals surface area contributed by atoms with Gasteiger partial charge in [0, 0.05) is 6.54 Å². The molecular formula is C8H18N3O2PS2. The topological polar surface area (TPSA) is 54.5 Å². The molecule has 0 aromatic heterocycles. The molecule has 0 spiro atoms. The third kappa shape index (κ3) is 7.27. The highest BCUT2D eigenvalue weighted by Gasteiger charge is 2.17. The molecule has 0 radical (unpaired) electrons. The van der Waals surface area contributed by atoms with E-state index in [0.717, 1.165) is 0 Å². The molecule has 5 nitrogen and oxygen atoms in total. The van der Waals surface area contributed by atoms with Gasteiger partial charge in [-0.15, -0.1) is 6.58 Å². The second-order valence-corrected chi connectivity index (χ2v) is 6.15. The Bertz CT molecular complexity index is 266. The molecule has 0 fully saturated rings. The highest BCUT2D eigenvalue weighted by atomic mass is 32.5. The zero-order chi connectivity index (χ0) is 12.4. The molecule has 8 heteroatoms. The van der Waals surface area contributed by atoms with Crippen molar-refractivity contribution < 1.29 is 9.05 Å². The van der Waals surface area contributed by atoms with Crippen LogP contribution in [0.3, 0.4) is 0 Å². The summed E-state index contributed by atoms with van der Waals surface area (Å²) >= 11 is 10.2. The molecule has 0 rings (SSSR count). The first kappa shape index (κ1) is 16.0. The van der Waals surface area contributed by atoms with Crippen molar-refractivity contribution >= 4 is 35.8 Å². The van der Waals surface area contributed by atoms with Gasteiger partial charge in [0.15, 0.2) is 5.11 Å². The summed E-state index contributed by atoms with van der Waals surface area (Å²) < 4.78 is 10.7. The van der Waals surface area contributed by atoms with Gasteiger partial charge in [0.1, 0.15) is 0 Å². The van der Waals surface area contributed by atoms with Crippen molar-refractivity contribution in [2.24, 2.45) is 0 Å². The highest BCUT2D eigenvalue weighted by Crippen LogP contribution is 2.42. The number of hydrazine groups is 1. The molecule has 94 valence electrons. The molecule has 0 saturated carbocycles. The highest BCUT2D eigenvalue weighted by molar-refractivity contribution is 8.08. The maximum Gasteiger partial charge on any atom is 0.279 e. The fourth-order valence-corrected chi connectivity index (χ4v) is 2.88. The summed E-state index contributed by atoms with van der Waals surface area (Å²) in [5.74, 6) is 0. The van der Waals surface area contributed by atoms with Gasteiger partial charge in [-0.2, -0.15) is 5.20 Å². The second kappa shape index (κ2) is 9.04. The van der Waals surface area contributed by atoms with E-state index in [1.165, 1.54) is 0 Å². The molecule has 0 aliphatic rings. The number of rotatable bonds is 8. The summed E-state index contributed by atoms with van der Waals surface area (Å²) in [7, 11) is 0. The molecule has 3 N–H and O–H groups in total. The Kier molecular flexibility index (Phi) is 9.02. The number of thiocarbonyl (C=S) groups is 1. The summed E-state index contributed by atoms with van der Waals surface area (Å²) in [6.45, 7) is 6.35. The second-order valence-electron chi connectivity index (χ2n) is 2.57. The number of hydrogen-bond acceptors (Lipinski definition) is 4. The maximum atomic E-state index is 5.35. The lowest BCUT2D eigenvalue weighted by molar-refractivity contribution is 0.256. The fourth-order valence-electron chi connectivity index (χ4n) is 0.770. The first-order valence-corrected chi connectivity index (χ1v) is 7.93. The van der Waals surface area contributed by atoms with Gasteiger partial charge in [0.25, 0.3) is 6.64 Å². The van der Waals surface area contributed by atoms with Gasteiger partial charge < -0.3 is 14.4 Å². The van der Waals surface area contributed by atoms with Crippen LogP contribution >= 0.6 is 18.9 Å². The van der Waals surface area contributed by atoms with Crippen LogP contribution in [0.15, 0.2) is 12.7 Å². The largest absolute Gasteiger partial charge is 0.358 e. The summed E-state index contributed by atoms with van der Waals surface area (Å²) in [5, 5.41) is 6.11. The van der Waals surface area contributed by atoms with Crippen molar-refractivity contribution in [1.29, 1.82) is 0 Å². The van der Waals surface area contributed by atoms with E-state index < -0.39 is 6.64 Å². The van der Waals surface area contributed by atoms with Crippen LogP contribution in [-0.2, 0) is 20.9 Å². The van der Waals surface area contributed by atoms with Crippen LogP contribution in [0.4, 0.5) is 0 Å². The van der Waals surface area contributed by atoms with Gasteiger partial charge in [-0.05, 0) is 37.9 Å². The molecule has 0 heterocycles. The molecule has 0 atom stereocenters. The standard InChI is InChI=1S/C8H18N3O2PS2/c1-4-7-9-8(15)10-11-14(16,12-5-2)13-6-3/h4H,1,5-7H2,2-3H3,(H,11,16)(H2,9,10,15). The predicted molar refractivity (Wildman–Crippen MR) is 74.6 cm³/mol. The van der Waals surface area contributed by atoms with Crippen LogP contribution in [0.1, 0.15) is 13.8 Å². The molecule has 0 saturated heterocycles. The Labute approximate surface area is 107 Å². The number of hydrogen-bond donors (Lipinski definition) is 3. The van der Waals surface area contributed by atoms with Gasteiger partial charge in [-0.25, -0.2) is 0 Å². The third-order valence-corrected chi connectivity index (χ3v) is 4.05. The van der Waals surface area contributed by atoms with E-state index in [9.17, 15) is 0 Å². The Balaban J connectivity index is 4.05. The van der Waals surface area contributed by atoms with E-state index in [1.54, 1.807) is 6.08 Å². The van der Waals surface area contributed by atoms with Gasteiger partial charge in [0.05, 0.1) is 13.2 Å². The summed E-state index contributed by atoms with van der Waals surface area (Å²) in [4.78, 5) is 0. The normalized spacial score (nSPS) is 10.9. The van der Waals surface area contributed by atoms with Crippen LogP contribution in [-0.4, -0.2) is 24.9 Å². The smallest absolute Gasteiger partial charge is 0.279 e. The van der Waals surface area contributed by atoms with E-state index >= 15 is 0 Å². The molecule has 0 bridgehead atoms. The minimum atomic E-state index is -2.49. The minimum Gasteiger partial charge on any atom is -0.358 e. The Hall–Kier alpha value is -0.0400. The molecule has 0 aliphatic carbocycles. The zero-order valence-corrected chi connectivity index (χ0v) is 12.0. The first-order valence-electron chi connectivity index (χ1n) is 4.89. The van der Waals surface area contributed by atoms with E-state index in [2.05, 4.69) is 22.5 Å². The van der Waals surface area contributed by atoms with Crippen LogP contribution in [0.5, 0.6) is 0 Å². The SMILES string of the molecule is C=CCNC(=S)NNP(=S)(OCC)OCC. The van der Waals surface area contributed by atoms with Crippen LogP contribution < -0.4 is 15.9 Å². The summed E-state index contributed by atoms with van der Waals surface area (Å²) in [6.07, 6.45) is 1.70. The zero-order valence-electron chi connectivity index (χ0n) is 9.49. The average Bonchev–Trinajstić information content (AvgIpc) is 2.24. The van der Waals surface area contributed by atoms with Crippen LogP contribution in [0.2, 0.25) is 0 Å². The lowest BCUT2D eigenvalue weighted by atomic mass is 10.6. The minimum absolute atomic E-state index is 0.425. The van der Waals surface area contributed by atoms with Crippen molar-refractivity contribution in [3.8, 4) is 0 Å². The molecule has 0 aliphatic heterocycles. The van der Waals surface area contributed by atoms with Crippen molar-refractivity contribution in [3.63, 3.8) is 0 Å². The van der Waals surface area contributed by atoms with E-state index in [1.807, 2.05) is 13.8 Å². The molecule has 0 aromatic rings. The molecule has 0 unspecified atom stereocenters. The van der Waals surface area contributed by atoms with Crippen LogP contribution in [0, 0.1) is 0 Å². The fraction of sp³-hybridized carbons (Fsp3) is 0.625. The van der Waals surface area contributed by atoms with Crippen molar-refractivity contribution in [3.05, 3.63) is 12.7 Å². The van der Waals surface area contributed by atoms with Gasteiger partial charge in [-0.3, -0.25) is 5.43 Å². The Morgan fingerprint density at radius 3 is 2.38 bits per heavy atom. The first-order chi connectivity index (χ1) is 7.58. The van der Waals surface area contributed by atoms with E-state index in [4.69, 9.17) is 33.1 Å². The molecule has 0 amide bonds. The van der Waals surface area contributed by atoms with Crippen molar-refractivity contribution in [2.75, 3.05) is 19.8 Å². The lowest BCUT2D eigenvalue weighted by Crippen LogP contribution is -2.42. The van der Waals surface area contributed by atoms with Gasteiger partial charge >= 0.3 is 0 Å². The lowest BCUT2D eigenvalue weighted by Gasteiger charge is -2.22. The number of nitrogens with one attached hydrogen (secondary N) is 3. The Morgan fingerprint density at radius 2 is 1.94 bits per heavy atom. The monoisotopic (exact) mass is 283 g/mol. The molecule has 0 aromatic carbocycles. The quantitative estimate of drug-likeness (QED) is 0.270. The predicted octanol–water partition coefficient (Wildman–Crippen LogP) is 1.44. The van der Waals surface area contributed by atoms with Crippen molar-refractivity contribution in [1.82, 2.24) is 15.9 Å². The van der Waals surface area contributed by atoms with E-state index in [-0.39, 0.29) is 0 Å². The van der Waals surface area contributed by atoms with Gasteiger partial charge in [-0.1, -0.05) is 6.08 Å². The van der Waals surface area contributed by atoms with Crippen molar-refractivity contribution in [2.45, 2.75) is 13.8 Å². The molecular weight excluding hydrogens is 265 g/mol. The maximum absolute atomic E-state index is 5.35.